The third-order valence-electron chi connectivity index (χ3n) is 6.65. The Morgan fingerprint density at radius 3 is 2.49 bits per heavy atom. The Morgan fingerprint density at radius 2 is 1.83 bits per heavy atom. The first-order chi connectivity index (χ1) is 16.9. The average Bonchev–Trinajstić information content (AvgIpc) is 3.13. The number of rotatable bonds is 7. The average molecular weight is 495 g/mol. The van der Waals surface area contributed by atoms with Crippen LogP contribution in [0.2, 0.25) is 0 Å². The second-order valence-electron chi connectivity index (χ2n) is 8.87. The van der Waals surface area contributed by atoms with Crippen LogP contribution in [0.1, 0.15) is 57.7 Å². The number of anilines is 1. The first-order valence-electron chi connectivity index (χ1n) is 12.0. The van der Waals surface area contributed by atoms with E-state index in [0.717, 1.165) is 26.6 Å². The monoisotopic (exact) mass is 494 g/mol. The molecule has 35 heavy (non-hydrogen) atoms. The highest BCUT2D eigenvalue weighted by molar-refractivity contribution is 7.16. The molecule has 7 heteroatoms. The van der Waals surface area contributed by atoms with E-state index in [4.69, 9.17) is 4.74 Å². The van der Waals surface area contributed by atoms with Crippen LogP contribution in [0.15, 0.2) is 54.6 Å². The van der Waals surface area contributed by atoms with Crippen LogP contribution in [0.25, 0.3) is 0 Å². The van der Waals surface area contributed by atoms with Gasteiger partial charge < -0.3 is 10.1 Å². The van der Waals surface area contributed by atoms with E-state index in [9.17, 15) is 14.0 Å². The first-order valence-corrected chi connectivity index (χ1v) is 12.8. The molecule has 5 nitrogen and oxygen atoms in total. The van der Waals surface area contributed by atoms with Crippen molar-refractivity contribution in [3.8, 4) is 0 Å². The molecule has 1 N–H and O–H groups in total. The number of carbonyl (C=O) groups excluding carboxylic acids is 2. The molecule has 0 bridgehead atoms. The fraction of sp³-hybridized carbons (Fsp3) is 0.357. The summed E-state index contributed by atoms with van der Waals surface area (Å²) >= 11 is 1.54. The number of hydrogen-bond donors (Lipinski definition) is 1. The Bertz CT molecular complexity index is 1190. The quantitative estimate of drug-likeness (QED) is 0.402. The zero-order chi connectivity index (χ0) is 24.9. The first kappa shape index (κ1) is 25.1. The van der Waals surface area contributed by atoms with Gasteiger partial charge in [-0.25, -0.2) is 4.39 Å². The molecule has 3 aromatic rings. The number of benzene rings is 2. The number of thiophene rings is 1. The van der Waals surface area contributed by atoms with Gasteiger partial charge in [0.25, 0.3) is 5.91 Å². The number of carbonyl (C=O) groups is 2. The van der Waals surface area contributed by atoms with E-state index >= 15 is 0 Å². The lowest BCUT2D eigenvalue weighted by Crippen LogP contribution is -2.40. The minimum atomic E-state index is -0.298. The van der Waals surface area contributed by atoms with Crippen LogP contribution in [0.5, 0.6) is 0 Å². The van der Waals surface area contributed by atoms with E-state index in [-0.39, 0.29) is 29.7 Å². The Balaban J connectivity index is 1.69. The van der Waals surface area contributed by atoms with Gasteiger partial charge in [-0.05, 0) is 82.1 Å². The van der Waals surface area contributed by atoms with E-state index in [1.54, 1.807) is 35.6 Å². The normalized spacial score (nSPS) is 15.5. The molecule has 1 amide bonds. The van der Waals surface area contributed by atoms with E-state index in [0.29, 0.717) is 38.1 Å². The molecule has 1 aromatic heterocycles. The van der Waals surface area contributed by atoms with Crippen molar-refractivity contribution in [2.24, 2.45) is 5.92 Å². The lowest BCUT2D eigenvalue weighted by atomic mass is 9.90. The fourth-order valence-corrected chi connectivity index (χ4v) is 5.81. The maximum Gasteiger partial charge on any atom is 0.309 e. The lowest BCUT2D eigenvalue weighted by molar-refractivity contribution is -0.149. The van der Waals surface area contributed by atoms with E-state index in [2.05, 4.69) is 17.1 Å². The van der Waals surface area contributed by atoms with Crippen molar-refractivity contribution in [2.75, 3.05) is 25.0 Å². The Labute approximate surface area is 209 Å². The highest BCUT2D eigenvalue weighted by atomic mass is 32.1. The van der Waals surface area contributed by atoms with Gasteiger partial charge in [0.2, 0.25) is 0 Å². The molecule has 1 aliphatic rings. The van der Waals surface area contributed by atoms with Gasteiger partial charge in [0.1, 0.15) is 10.8 Å². The zero-order valence-electron chi connectivity index (χ0n) is 20.3. The van der Waals surface area contributed by atoms with E-state index < -0.39 is 0 Å². The van der Waals surface area contributed by atoms with Crippen molar-refractivity contribution >= 4 is 28.2 Å². The molecule has 0 unspecified atom stereocenters. The van der Waals surface area contributed by atoms with Gasteiger partial charge in [-0.2, -0.15) is 0 Å². The number of esters is 1. The number of piperidine rings is 1. The van der Waals surface area contributed by atoms with Gasteiger partial charge in [-0.15, -0.1) is 11.3 Å². The molecule has 0 aliphatic carbocycles. The largest absolute Gasteiger partial charge is 0.466 e. The molecule has 1 aliphatic heterocycles. The Kier molecular flexibility index (Phi) is 7.98. The van der Waals surface area contributed by atoms with Crippen molar-refractivity contribution in [1.82, 2.24) is 4.90 Å². The topological polar surface area (TPSA) is 58.6 Å². The minimum Gasteiger partial charge on any atom is -0.466 e. The summed E-state index contributed by atoms with van der Waals surface area (Å²) in [5.41, 5.74) is 3.48. The van der Waals surface area contributed by atoms with Gasteiger partial charge in [-0.3, -0.25) is 14.5 Å². The summed E-state index contributed by atoms with van der Waals surface area (Å²) in [5.74, 6) is -0.741. The second kappa shape index (κ2) is 11.1. The number of likely N-dealkylation sites (tertiary alicyclic amines) is 1. The molecule has 1 fully saturated rings. The van der Waals surface area contributed by atoms with Gasteiger partial charge in [0.15, 0.2) is 0 Å². The zero-order valence-corrected chi connectivity index (χ0v) is 21.2. The predicted octanol–water partition coefficient (Wildman–Crippen LogP) is 6.12. The lowest BCUT2D eigenvalue weighted by Gasteiger charge is -2.38. The van der Waals surface area contributed by atoms with Crippen LogP contribution in [0, 0.1) is 25.6 Å². The van der Waals surface area contributed by atoms with Crippen LogP contribution in [0.4, 0.5) is 9.39 Å². The van der Waals surface area contributed by atoms with E-state index in [1.807, 2.05) is 38.1 Å². The van der Waals surface area contributed by atoms with Crippen LogP contribution in [-0.4, -0.2) is 36.5 Å². The molecule has 2 aromatic carbocycles. The molecule has 184 valence electrons. The molecule has 1 saturated heterocycles. The SMILES string of the molecule is CCOC(=O)C1CCN([C@@H](c2cccc(F)c2)c2c(NC(=O)c3ccccc3)sc(C)c2C)CC1. The molecule has 1 atom stereocenters. The maximum absolute atomic E-state index is 14.4. The van der Waals surface area contributed by atoms with Gasteiger partial charge in [0.05, 0.1) is 18.6 Å². The number of ether oxygens (including phenoxy) is 1. The summed E-state index contributed by atoms with van der Waals surface area (Å²) in [7, 11) is 0. The fourth-order valence-electron chi connectivity index (χ4n) is 4.72. The molecule has 0 radical (unpaired) electrons. The number of hydrogen-bond acceptors (Lipinski definition) is 5. The maximum atomic E-state index is 14.4. The second-order valence-corrected chi connectivity index (χ2v) is 10.1. The summed E-state index contributed by atoms with van der Waals surface area (Å²) in [4.78, 5) is 28.7. The van der Waals surface area contributed by atoms with Crippen molar-refractivity contribution in [1.29, 1.82) is 0 Å². The number of aryl methyl sites for hydroxylation is 1. The number of nitrogens with one attached hydrogen (secondary N) is 1. The summed E-state index contributed by atoms with van der Waals surface area (Å²) in [6, 6.07) is 15.5. The van der Waals surface area contributed by atoms with Gasteiger partial charge in [-0.1, -0.05) is 30.3 Å². The van der Waals surface area contributed by atoms with Crippen LogP contribution in [0.3, 0.4) is 0 Å². The highest BCUT2D eigenvalue weighted by Crippen LogP contribution is 2.43. The molecule has 2 heterocycles. The predicted molar refractivity (Wildman–Crippen MR) is 137 cm³/mol. The molecule has 4 rings (SSSR count). The molecule has 0 spiro atoms. The number of halogens is 1. The Morgan fingerprint density at radius 1 is 1.11 bits per heavy atom. The standard InChI is InChI=1S/C28H31FN2O3S/c1-4-34-28(33)21-13-15-31(16-14-21)25(22-11-8-12-23(29)17-22)24-18(2)19(3)35-27(24)30-26(32)20-9-6-5-7-10-20/h5-12,17,21,25H,4,13-16H2,1-3H3,(H,30,32)/t25-/m0/s1. The van der Waals surface area contributed by atoms with Gasteiger partial charge >= 0.3 is 5.97 Å². The summed E-state index contributed by atoms with van der Waals surface area (Å²) in [5, 5.41) is 3.89. The van der Waals surface area contributed by atoms with Crippen molar-refractivity contribution in [2.45, 2.75) is 39.7 Å². The highest BCUT2D eigenvalue weighted by Gasteiger charge is 2.34. The van der Waals surface area contributed by atoms with Crippen molar-refractivity contribution in [3.63, 3.8) is 0 Å². The third kappa shape index (κ3) is 5.63. The smallest absolute Gasteiger partial charge is 0.309 e. The van der Waals surface area contributed by atoms with Crippen LogP contribution in [-0.2, 0) is 9.53 Å². The van der Waals surface area contributed by atoms with Crippen LogP contribution < -0.4 is 5.32 Å². The molecular weight excluding hydrogens is 463 g/mol. The number of nitrogens with zero attached hydrogens (tertiary/aromatic N) is 1. The van der Waals surface area contributed by atoms with Crippen molar-refractivity contribution in [3.05, 3.63) is 87.5 Å². The van der Waals surface area contributed by atoms with Crippen LogP contribution >= 0.6 is 11.3 Å². The molecule has 0 saturated carbocycles. The van der Waals surface area contributed by atoms with Crippen molar-refractivity contribution < 1.29 is 18.7 Å². The number of amides is 1. The minimum absolute atomic E-state index is 0.123. The third-order valence-corrected chi connectivity index (χ3v) is 7.79. The van der Waals surface area contributed by atoms with Gasteiger partial charge in [0, 0.05) is 16.0 Å². The summed E-state index contributed by atoms with van der Waals surface area (Å²) in [6.45, 7) is 7.63. The Hall–Kier alpha value is -3.03. The van der Waals surface area contributed by atoms with E-state index in [1.165, 1.54) is 6.07 Å². The summed E-state index contributed by atoms with van der Waals surface area (Å²) < 4.78 is 19.6. The summed E-state index contributed by atoms with van der Waals surface area (Å²) in [6.07, 6.45) is 1.36. The molecular formula is C28H31FN2O3S.